The largest absolute Gasteiger partial charge is 0.465 e. The minimum atomic E-state index is -0.721. The van der Waals surface area contributed by atoms with Crippen LogP contribution in [-0.2, 0) is 4.74 Å². The molecular weight excluding hydrogens is 290 g/mol. The molecule has 0 atom stereocenters. The van der Waals surface area contributed by atoms with E-state index in [0.717, 1.165) is 0 Å². The highest BCUT2D eigenvalue weighted by Gasteiger charge is 2.14. The molecule has 2 nitrogen and oxygen atoms in total. The highest BCUT2D eigenvalue weighted by atomic mass is 35.5. The summed E-state index contributed by atoms with van der Waals surface area (Å²) in [5, 5.41) is 0.728. The average molecular weight is 299 g/mol. The van der Waals surface area contributed by atoms with E-state index in [9.17, 15) is 9.18 Å². The standard InChI is InChI=1S/C14H9Cl2FO2/c1-19-14(18)10-6-5-8(7-12(10)17)9-3-2-4-11(15)13(9)16/h2-7H,1H3. The molecule has 98 valence electrons. The predicted molar refractivity (Wildman–Crippen MR) is 73.2 cm³/mol. The van der Waals surface area contributed by atoms with Crippen molar-refractivity contribution in [3.8, 4) is 11.1 Å². The molecule has 0 aliphatic rings. The molecule has 0 aromatic heterocycles. The van der Waals surface area contributed by atoms with Crippen LogP contribution in [-0.4, -0.2) is 13.1 Å². The molecule has 0 bridgehead atoms. The molecule has 0 heterocycles. The summed E-state index contributed by atoms with van der Waals surface area (Å²) >= 11 is 12.0. The summed E-state index contributed by atoms with van der Waals surface area (Å²) in [7, 11) is 1.20. The fourth-order valence-electron chi connectivity index (χ4n) is 1.68. The number of hydrogen-bond donors (Lipinski definition) is 0. The van der Waals surface area contributed by atoms with Crippen LogP contribution in [0, 0.1) is 5.82 Å². The normalized spacial score (nSPS) is 10.3. The maximum absolute atomic E-state index is 13.8. The van der Waals surface area contributed by atoms with Crippen LogP contribution in [0.5, 0.6) is 0 Å². The first-order valence-electron chi connectivity index (χ1n) is 5.37. The Morgan fingerprint density at radius 2 is 1.95 bits per heavy atom. The van der Waals surface area contributed by atoms with Crippen molar-refractivity contribution in [3.05, 3.63) is 57.8 Å². The van der Waals surface area contributed by atoms with Crippen molar-refractivity contribution in [3.63, 3.8) is 0 Å². The lowest BCUT2D eigenvalue weighted by Crippen LogP contribution is -2.04. The molecule has 0 unspecified atom stereocenters. The molecule has 0 aliphatic heterocycles. The van der Waals surface area contributed by atoms with Gasteiger partial charge in [0.25, 0.3) is 0 Å². The van der Waals surface area contributed by atoms with E-state index in [-0.39, 0.29) is 5.56 Å². The Morgan fingerprint density at radius 1 is 1.21 bits per heavy atom. The van der Waals surface area contributed by atoms with Crippen molar-refractivity contribution in [2.24, 2.45) is 0 Å². The van der Waals surface area contributed by atoms with Gasteiger partial charge in [0, 0.05) is 5.56 Å². The number of esters is 1. The van der Waals surface area contributed by atoms with Gasteiger partial charge in [0.2, 0.25) is 0 Å². The fraction of sp³-hybridized carbons (Fsp3) is 0.0714. The molecule has 2 rings (SSSR count). The maximum atomic E-state index is 13.8. The fourth-order valence-corrected chi connectivity index (χ4v) is 2.09. The molecule has 0 N–H and O–H groups in total. The number of carbonyl (C=O) groups excluding carboxylic acids is 1. The van der Waals surface area contributed by atoms with Crippen molar-refractivity contribution in [1.82, 2.24) is 0 Å². The van der Waals surface area contributed by atoms with Crippen LogP contribution in [0.25, 0.3) is 11.1 Å². The number of halogens is 3. The van der Waals surface area contributed by atoms with Crippen molar-refractivity contribution < 1.29 is 13.9 Å². The third-order valence-electron chi connectivity index (χ3n) is 2.64. The average Bonchev–Trinajstić information content (AvgIpc) is 2.41. The topological polar surface area (TPSA) is 26.3 Å². The summed E-state index contributed by atoms with van der Waals surface area (Å²) in [5.74, 6) is -1.39. The zero-order valence-electron chi connectivity index (χ0n) is 9.91. The summed E-state index contributed by atoms with van der Waals surface area (Å²) in [6.07, 6.45) is 0. The number of carbonyl (C=O) groups is 1. The Kier molecular flexibility index (Phi) is 4.08. The molecular formula is C14H9Cl2FO2. The highest BCUT2D eigenvalue weighted by Crippen LogP contribution is 2.34. The van der Waals surface area contributed by atoms with Crippen LogP contribution in [0.2, 0.25) is 10.0 Å². The van der Waals surface area contributed by atoms with Crippen molar-refractivity contribution in [2.75, 3.05) is 7.11 Å². The van der Waals surface area contributed by atoms with Gasteiger partial charge in [-0.15, -0.1) is 0 Å². The van der Waals surface area contributed by atoms with Gasteiger partial charge in [0.15, 0.2) is 0 Å². The zero-order chi connectivity index (χ0) is 14.0. The lowest BCUT2D eigenvalue weighted by molar-refractivity contribution is 0.0595. The van der Waals surface area contributed by atoms with Gasteiger partial charge in [-0.25, -0.2) is 9.18 Å². The molecule has 5 heteroatoms. The maximum Gasteiger partial charge on any atom is 0.340 e. The summed E-state index contributed by atoms with van der Waals surface area (Å²) < 4.78 is 18.3. The van der Waals surface area contributed by atoms with Gasteiger partial charge in [0.05, 0.1) is 22.7 Å². The van der Waals surface area contributed by atoms with Crippen LogP contribution in [0.15, 0.2) is 36.4 Å². The summed E-state index contributed by atoms with van der Waals surface area (Å²) in [6, 6.07) is 9.26. The quantitative estimate of drug-likeness (QED) is 0.758. The molecule has 0 radical (unpaired) electrons. The molecule has 2 aromatic rings. The number of ether oxygens (including phenoxy) is 1. The van der Waals surface area contributed by atoms with Crippen molar-refractivity contribution >= 4 is 29.2 Å². The Bertz CT molecular complexity index is 641. The Morgan fingerprint density at radius 3 is 2.58 bits per heavy atom. The molecule has 0 spiro atoms. The minimum Gasteiger partial charge on any atom is -0.465 e. The second-order valence-electron chi connectivity index (χ2n) is 3.79. The molecule has 0 fully saturated rings. The Balaban J connectivity index is 2.51. The third-order valence-corrected chi connectivity index (χ3v) is 3.46. The minimum absolute atomic E-state index is 0.121. The Labute approximate surface area is 119 Å². The van der Waals surface area contributed by atoms with Crippen LogP contribution < -0.4 is 0 Å². The van der Waals surface area contributed by atoms with E-state index in [0.29, 0.717) is 21.2 Å². The van der Waals surface area contributed by atoms with Crippen LogP contribution in [0.3, 0.4) is 0 Å². The molecule has 0 saturated heterocycles. The molecule has 19 heavy (non-hydrogen) atoms. The van der Waals surface area contributed by atoms with Gasteiger partial charge in [-0.05, 0) is 23.8 Å². The van der Waals surface area contributed by atoms with E-state index in [1.807, 2.05) is 0 Å². The molecule has 2 aromatic carbocycles. The zero-order valence-corrected chi connectivity index (χ0v) is 11.4. The van der Waals surface area contributed by atoms with Gasteiger partial charge in [-0.2, -0.15) is 0 Å². The summed E-state index contributed by atoms with van der Waals surface area (Å²) in [4.78, 5) is 11.3. The SMILES string of the molecule is COC(=O)c1ccc(-c2cccc(Cl)c2Cl)cc1F. The first kappa shape index (κ1) is 13.8. The number of methoxy groups -OCH3 is 1. The van der Waals surface area contributed by atoms with Crippen LogP contribution in [0.4, 0.5) is 4.39 Å². The van der Waals surface area contributed by atoms with Crippen LogP contribution in [0.1, 0.15) is 10.4 Å². The Hall–Kier alpha value is -1.58. The first-order chi connectivity index (χ1) is 9.04. The first-order valence-corrected chi connectivity index (χ1v) is 6.12. The van der Waals surface area contributed by atoms with Gasteiger partial charge in [0.1, 0.15) is 5.82 Å². The summed E-state index contributed by atoms with van der Waals surface area (Å²) in [6.45, 7) is 0. The monoisotopic (exact) mass is 298 g/mol. The number of benzene rings is 2. The van der Waals surface area contributed by atoms with Crippen LogP contribution >= 0.6 is 23.2 Å². The van der Waals surface area contributed by atoms with E-state index in [1.54, 1.807) is 24.3 Å². The predicted octanol–water partition coefficient (Wildman–Crippen LogP) is 4.59. The second-order valence-corrected chi connectivity index (χ2v) is 4.57. The molecule has 0 aliphatic carbocycles. The molecule has 0 amide bonds. The smallest absolute Gasteiger partial charge is 0.340 e. The van der Waals surface area contributed by atoms with E-state index in [1.165, 1.54) is 19.2 Å². The van der Waals surface area contributed by atoms with Gasteiger partial charge < -0.3 is 4.74 Å². The van der Waals surface area contributed by atoms with Crippen molar-refractivity contribution in [2.45, 2.75) is 0 Å². The highest BCUT2D eigenvalue weighted by molar-refractivity contribution is 6.43. The van der Waals surface area contributed by atoms with E-state index in [4.69, 9.17) is 23.2 Å². The van der Waals surface area contributed by atoms with Gasteiger partial charge >= 0.3 is 5.97 Å². The molecule has 0 saturated carbocycles. The lowest BCUT2D eigenvalue weighted by atomic mass is 10.0. The second kappa shape index (κ2) is 5.59. The van der Waals surface area contributed by atoms with Gasteiger partial charge in [-0.3, -0.25) is 0 Å². The number of rotatable bonds is 2. The van der Waals surface area contributed by atoms with E-state index >= 15 is 0 Å². The summed E-state index contributed by atoms with van der Waals surface area (Å²) in [5.41, 5.74) is 1.02. The number of hydrogen-bond acceptors (Lipinski definition) is 2. The van der Waals surface area contributed by atoms with Gasteiger partial charge in [-0.1, -0.05) is 41.4 Å². The lowest BCUT2D eigenvalue weighted by Gasteiger charge is -2.08. The van der Waals surface area contributed by atoms with Crippen molar-refractivity contribution in [1.29, 1.82) is 0 Å². The third kappa shape index (κ3) is 2.72. The van der Waals surface area contributed by atoms with E-state index in [2.05, 4.69) is 4.74 Å². The van der Waals surface area contributed by atoms with E-state index < -0.39 is 11.8 Å².